The molecule has 1 N–H and O–H groups in total. The van der Waals surface area contributed by atoms with Gasteiger partial charge in [0.2, 0.25) is 0 Å². The van der Waals surface area contributed by atoms with Gasteiger partial charge in [0, 0.05) is 39.1 Å². The molecule has 1 aromatic heterocycles. The van der Waals surface area contributed by atoms with E-state index in [1.807, 2.05) is 7.05 Å². The predicted octanol–water partition coefficient (Wildman–Crippen LogP) is 1.93. The first-order valence-electron chi connectivity index (χ1n) is 5.72. The van der Waals surface area contributed by atoms with Crippen molar-refractivity contribution in [2.45, 2.75) is 26.3 Å². The summed E-state index contributed by atoms with van der Waals surface area (Å²) in [5.74, 6) is 0. The average molecular weight is 210 g/mol. The maximum absolute atomic E-state index is 5.45. The second-order valence-corrected chi connectivity index (χ2v) is 3.83. The lowest BCUT2D eigenvalue weighted by atomic mass is 10.3. The lowest BCUT2D eigenvalue weighted by Gasteiger charge is -2.04. The first-order valence-corrected chi connectivity index (χ1v) is 5.72. The van der Waals surface area contributed by atoms with Crippen molar-refractivity contribution in [1.82, 2.24) is 9.88 Å². The zero-order valence-electron chi connectivity index (χ0n) is 9.83. The highest BCUT2D eigenvalue weighted by Crippen LogP contribution is 1.97. The van der Waals surface area contributed by atoms with Crippen LogP contribution in [0.15, 0.2) is 18.5 Å². The number of rotatable bonds is 8. The fourth-order valence-electron chi connectivity index (χ4n) is 1.39. The summed E-state index contributed by atoms with van der Waals surface area (Å²) in [5.41, 5.74) is 1.33. The topological polar surface area (TPSA) is 26.2 Å². The van der Waals surface area contributed by atoms with E-state index in [4.69, 9.17) is 4.74 Å². The Morgan fingerprint density at radius 2 is 2.27 bits per heavy atom. The van der Waals surface area contributed by atoms with E-state index < -0.39 is 0 Å². The van der Waals surface area contributed by atoms with Crippen LogP contribution in [0.4, 0.5) is 0 Å². The Kier molecular flexibility index (Phi) is 6.12. The van der Waals surface area contributed by atoms with E-state index in [1.165, 1.54) is 18.4 Å². The molecular formula is C12H22N2O. The van der Waals surface area contributed by atoms with Crippen LogP contribution in [0.25, 0.3) is 0 Å². The van der Waals surface area contributed by atoms with Gasteiger partial charge in [-0.2, -0.15) is 0 Å². The van der Waals surface area contributed by atoms with E-state index >= 15 is 0 Å². The highest BCUT2D eigenvalue weighted by molar-refractivity contribution is 5.09. The third-order valence-corrected chi connectivity index (χ3v) is 2.29. The van der Waals surface area contributed by atoms with Gasteiger partial charge >= 0.3 is 0 Å². The molecule has 0 unspecified atom stereocenters. The van der Waals surface area contributed by atoms with Gasteiger partial charge < -0.3 is 14.6 Å². The van der Waals surface area contributed by atoms with Crippen LogP contribution >= 0.6 is 0 Å². The summed E-state index contributed by atoms with van der Waals surface area (Å²) in [4.78, 5) is 0. The van der Waals surface area contributed by atoms with Gasteiger partial charge in [-0.25, -0.2) is 0 Å². The summed E-state index contributed by atoms with van der Waals surface area (Å²) < 4.78 is 7.51. The molecule has 0 saturated heterocycles. The van der Waals surface area contributed by atoms with Crippen LogP contribution in [0.3, 0.4) is 0 Å². The standard InChI is InChI=1S/C12H22N2O/c1-3-4-8-15-9-6-13-10-12-5-7-14(2)11-12/h5,7,11,13H,3-4,6,8-10H2,1-2H3. The monoisotopic (exact) mass is 210 g/mol. The fourth-order valence-corrected chi connectivity index (χ4v) is 1.39. The summed E-state index contributed by atoms with van der Waals surface area (Å²) in [5, 5.41) is 3.35. The quantitative estimate of drug-likeness (QED) is 0.664. The minimum atomic E-state index is 0.812. The third kappa shape index (κ3) is 5.60. The summed E-state index contributed by atoms with van der Waals surface area (Å²) >= 11 is 0. The Hall–Kier alpha value is -0.800. The van der Waals surface area contributed by atoms with E-state index in [-0.39, 0.29) is 0 Å². The number of nitrogens with zero attached hydrogens (tertiary/aromatic N) is 1. The number of aromatic nitrogens is 1. The molecule has 0 fully saturated rings. The van der Waals surface area contributed by atoms with Gasteiger partial charge in [-0.3, -0.25) is 0 Å². The van der Waals surface area contributed by atoms with Crippen molar-refractivity contribution in [2.24, 2.45) is 7.05 Å². The fraction of sp³-hybridized carbons (Fsp3) is 0.667. The minimum Gasteiger partial charge on any atom is -0.380 e. The number of hydrogen-bond acceptors (Lipinski definition) is 2. The van der Waals surface area contributed by atoms with Crippen molar-refractivity contribution in [3.8, 4) is 0 Å². The second-order valence-electron chi connectivity index (χ2n) is 3.83. The zero-order chi connectivity index (χ0) is 10.9. The highest BCUT2D eigenvalue weighted by Gasteiger charge is 1.93. The van der Waals surface area contributed by atoms with Crippen LogP contribution in [0.1, 0.15) is 25.3 Å². The van der Waals surface area contributed by atoms with Crippen LogP contribution in [0, 0.1) is 0 Å². The Labute approximate surface area is 92.4 Å². The van der Waals surface area contributed by atoms with Gasteiger partial charge in [0.1, 0.15) is 0 Å². The molecule has 15 heavy (non-hydrogen) atoms. The van der Waals surface area contributed by atoms with E-state index in [0.29, 0.717) is 0 Å². The van der Waals surface area contributed by atoms with Crippen molar-refractivity contribution >= 4 is 0 Å². The minimum absolute atomic E-state index is 0.812. The average Bonchev–Trinajstić information content (AvgIpc) is 2.63. The molecular weight excluding hydrogens is 188 g/mol. The lowest BCUT2D eigenvalue weighted by molar-refractivity contribution is 0.133. The molecule has 1 rings (SSSR count). The number of ether oxygens (including phenoxy) is 1. The van der Waals surface area contributed by atoms with Crippen LogP contribution in [0.2, 0.25) is 0 Å². The maximum atomic E-state index is 5.45. The molecule has 3 nitrogen and oxygen atoms in total. The number of unbranched alkanes of at least 4 members (excludes halogenated alkanes) is 1. The molecule has 0 aliphatic heterocycles. The number of nitrogens with one attached hydrogen (secondary N) is 1. The summed E-state index contributed by atoms with van der Waals surface area (Å²) in [6.45, 7) is 5.74. The zero-order valence-corrected chi connectivity index (χ0v) is 9.83. The maximum Gasteiger partial charge on any atom is 0.0591 e. The van der Waals surface area contributed by atoms with Crippen LogP contribution in [0.5, 0.6) is 0 Å². The van der Waals surface area contributed by atoms with E-state index in [0.717, 1.165) is 26.3 Å². The SMILES string of the molecule is CCCCOCCNCc1ccn(C)c1. The lowest BCUT2D eigenvalue weighted by Crippen LogP contribution is -2.19. The highest BCUT2D eigenvalue weighted by atomic mass is 16.5. The molecule has 1 aromatic rings. The Morgan fingerprint density at radius 3 is 2.93 bits per heavy atom. The third-order valence-electron chi connectivity index (χ3n) is 2.29. The molecule has 0 radical (unpaired) electrons. The summed E-state index contributed by atoms with van der Waals surface area (Å²) in [7, 11) is 2.04. The normalized spacial score (nSPS) is 10.8. The van der Waals surface area contributed by atoms with Gasteiger partial charge in [-0.05, 0) is 18.1 Å². The summed E-state index contributed by atoms with van der Waals surface area (Å²) in [6, 6.07) is 2.13. The molecule has 1 heterocycles. The molecule has 0 aliphatic carbocycles. The Morgan fingerprint density at radius 1 is 1.40 bits per heavy atom. The molecule has 0 saturated carbocycles. The second kappa shape index (κ2) is 7.49. The van der Waals surface area contributed by atoms with Gasteiger partial charge in [0.15, 0.2) is 0 Å². The Balaban J connectivity index is 1.93. The van der Waals surface area contributed by atoms with Gasteiger partial charge in [0.05, 0.1) is 6.61 Å². The molecule has 3 heteroatoms. The molecule has 0 bridgehead atoms. The van der Waals surface area contributed by atoms with E-state index in [2.05, 4.69) is 35.3 Å². The number of aryl methyl sites for hydroxylation is 1. The molecule has 0 aliphatic rings. The Bertz CT molecular complexity index is 258. The summed E-state index contributed by atoms with van der Waals surface area (Å²) in [6.07, 6.45) is 6.57. The smallest absolute Gasteiger partial charge is 0.0591 e. The van der Waals surface area contributed by atoms with E-state index in [1.54, 1.807) is 0 Å². The molecule has 0 amide bonds. The molecule has 0 aromatic carbocycles. The predicted molar refractivity (Wildman–Crippen MR) is 62.8 cm³/mol. The van der Waals surface area contributed by atoms with Crippen molar-refractivity contribution in [1.29, 1.82) is 0 Å². The first-order chi connectivity index (χ1) is 7.33. The van der Waals surface area contributed by atoms with Crippen molar-refractivity contribution in [3.63, 3.8) is 0 Å². The van der Waals surface area contributed by atoms with Crippen LogP contribution in [-0.2, 0) is 18.3 Å². The van der Waals surface area contributed by atoms with Gasteiger partial charge in [0.25, 0.3) is 0 Å². The van der Waals surface area contributed by atoms with Crippen LogP contribution in [-0.4, -0.2) is 24.3 Å². The van der Waals surface area contributed by atoms with Crippen molar-refractivity contribution in [3.05, 3.63) is 24.0 Å². The molecule has 86 valence electrons. The van der Waals surface area contributed by atoms with Crippen molar-refractivity contribution in [2.75, 3.05) is 19.8 Å². The number of hydrogen-bond donors (Lipinski definition) is 1. The van der Waals surface area contributed by atoms with E-state index in [9.17, 15) is 0 Å². The largest absolute Gasteiger partial charge is 0.380 e. The first kappa shape index (κ1) is 12.3. The van der Waals surface area contributed by atoms with Gasteiger partial charge in [-0.1, -0.05) is 13.3 Å². The van der Waals surface area contributed by atoms with Crippen LogP contribution < -0.4 is 5.32 Å². The molecule has 0 atom stereocenters. The van der Waals surface area contributed by atoms with Crippen molar-refractivity contribution < 1.29 is 4.74 Å². The molecule has 0 spiro atoms. The van der Waals surface area contributed by atoms with Gasteiger partial charge in [-0.15, -0.1) is 0 Å².